The number of carbonyl (C=O) groups excluding carboxylic acids is 1. The number of hydrogen-bond acceptors (Lipinski definition) is 5. The first-order chi connectivity index (χ1) is 10.8. The summed E-state index contributed by atoms with van der Waals surface area (Å²) >= 11 is 0. The third-order valence-electron chi connectivity index (χ3n) is 3.55. The van der Waals surface area contributed by atoms with E-state index in [0.29, 0.717) is 18.8 Å². The summed E-state index contributed by atoms with van der Waals surface area (Å²) in [6, 6.07) is 5.13. The summed E-state index contributed by atoms with van der Waals surface area (Å²) in [5, 5.41) is 8.82. The molecule has 0 aliphatic carbocycles. The van der Waals surface area contributed by atoms with Gasteiger partial charge in [-0.1, -0.05) is 0 Å². The zero-order valence-corrected chi connectivity index (χ0v) is 12.4. The highest BCUT2D eigenvalue weighted by molar-refractivity contribution is 5.70. The molecule has 1 aliphatic heterocycles. The van der Waals surface area contributed by atoms with Crippen molar-refractivity contribution >= 4 is 11.7 Å². The number of anilines is 1. The molecule has 2 rings (SSSR count). The van der Waals surface area contributed by atoms with Crippen LogP contribution in [0.2, 0.25) is 0 Å². The van der Waals surface area contributed by atoms with Crippen LogP contribution in [-0.4, -0.2) is 38.9 Å². The molecule has 23 heavy (non-hydrogen) atoms. The fourth-order valence-electron chi connectivity index (χ4n) is 2.41. The molecular weight excluding hydrogens is 313 g/mol. The molecule has 0 amide bonds. The number of methoxy groups -OCH3 is 1. The molecule has 0 aromatic heterocycles. The van der Waals surface area contributed by atoms with Crippen LogP contribution in [0, 0.1) is 11.3 Å². The average molecular weight is 328 g/mol. The van der Waals surface area contributed by atoms with Gasteiger partial charge in [0, 0.05) is 18.8 Å². The number of hydrogen-bond donors (Lipinski definition) is 0. The van der Waals surface area contributed by atoms with Gasteiger partial charge >= 0.3 is 12.1 Å². The molecule has 5 nitrogen and oxygen atoms in total. The molecule has 0 N–H and O–H groups in total. The van der Waals surface area contributed by atoms with E-state index < -0.39 is 29.4 Å². The molecule has 1 heterocycles. The second-order valence-electron chi connectivity index (χ2n) is 5.06. The second-order valence-corrected chi connectivity index (χ2v) is 5.06. The number of carbonyl (C=O) groups is 1. The van der Waals surface area contributed by atoms with Gasteiger partial charge in [-0.05, 0) is 18.2 Å². The van der Waals surface area contributed by atoms with Crippen LogP contribution in [0.25, 0.3) is 0 Å². The van der Waals surface area contributed by atoms with Gasteiger partial charge in [0.1, 0.15) is 0 Å². The van der Waals surface area contributed by atoms with E-state index in [4.69, 9.17) is 10.00 Å². The lowest BCUT2D eigenvalue weighted by Gasteiger charge is -2.34. The summed E-state index contributed by atoms with van der Waals surface area (Å²) in [5.74, 6) is -0.437. The third-order valence-corrected chi connectivity index (χ3v) is 3.55. The van der Waals surface area contributed by atoms with Gasteiger partial charge in [-0.15, -0.1) is 0 Å². The maximum atomic E-state index is 13.0. The lowest BCUT2D eigenvalue weighted by Crippen LogP contribution is -2.43. The molecule has 0 bridgehead atoms. The number of esters is 1. The Hall–Kier alpha value is -2.27. The summed E-state index contributed by atoms with van der Waals surface area (Å²) in [6.45, 7) is 0.974. The molecule has 1 fully saturated rings. The molecule has 1 saturated heterocycles. The molecule has 1 aliphatic rings. The first-order valence-corrected chi connectivity index (χ1v) is 6.90. The fourth-order valence-corrected chi connectivity index (χ4v) is 2.41. The highest BCUT2D eigenvalue weighted by atomic mass is 19.4. The van der Waals surface area contributed by atoms with Crippen LogP contribution in [-0.2, 0) is 20.4 Å². The quantitative estimate of drug-likeness (QED) is 0.797. The van der Waals surface area contributed by atoms with E-state index in [9.17, 15) is 18.0 Å². The minimum atomic E-state index is -4.60. The normalized spacial score (nSPS) is 18.4. The van der Waals surface area contributed by atoms with E-state index in [0.717, 1.165) is 12.1 Å². The van der Waals surface area contributed by atoms with Crippen molar-refractivity contribution in [1.29, 1.82) is 5.26 Å². The summed E-state index contributed by atoms with van der Waals surface area (Å²) in [5.41, 5.74) is -1.04. The Morgan fingerprint density at radius 1 is 1.52 bits per heavy atom. The van der Waals surface area contributed by atoms with Crippen molar-refractivity contribution in [2.24, 2.45) is 0 Å². The Kier molecular flexibility index (Phi) is 5.11. The SMILES string of the molecule is COC(=O)C[C@@H]1CN(c2ccc(C#N)c(C(F)(F)F)c2)CCO1. The van der Waals surface area contributed by atoms with Gasteiger partial charge in [-0.2, -0.15) is 18.4 Å². The van der Waals surface area contributed by atoms with Crippen LogP contribution in [0.15, 0.2) is 18.2 Å². The first kappa shape index (κ1) is 17.1. The molecule has 0 radical (unpaired) electrons. The van der Waals surface area contributed by atoms with E-state index >= 15 is 0 Å². The van der Waals surface area contributed by atoms with Crippen molar-refractivity contribution < 1.29 is 27.4 Å². The van der Waals surface area contributed by atoms with E-state index in [2.05, 4.69) is 4.74 Å². The van der Waals surface area contributed by atoms with Crippen molar-refractivity contribution in [1.82, 2.24) is 0 Å². The van der Waals surface area contributed by atoms with E-state index in [1.54, 1.807) is 11.0 Å². The zero-order valence-electron chi connectivity index (χ0n) is 12.4. The van der Waals surface area contributed by atoms with Gasteiger partial charge in [0.25, 0.3) is 0 Å². The summed E-state index contributed by atoms with van der Waals surface area (Å²) in [4.78, 5) is 13.0. The Balaban J connectivity index is 2.21. The minimum Gasteiger partial charge on any atom is -0.469 e. The maximum absolute atomic E-state index is 13.0. The number of nitrogens with zero attached hydrogens (tertiary/aromatic N) is 2. The van der Waals surface area contributed by atoms with E-state index in [-0.39, 0.29) is 13.0 Å². The molecule has 0 saturated carbocycles. The van der Waals surface area contributed by atoms with Crippen LogP contribution in [0.5, 0.6) is 0 Å². The standard InChI is InChI=1S/C15H15F3N2O3/c1-22-14(21)7-12-9-20(4-5-23-12)11-3-2-10(8-19)13(6-11)15(16,17)18/h2-3,6,12H,4-5,7,9H2,1H3/t12-/m1/s1. The molecule has 1 aromatic rings. The maximum Gasteiger partial charge on any atom is 0.417 e. The zero-order chi connectivity index (χ0) is 17.0. The number of alkyl halides is 3. The van der Waals surface area contributed by atoms with Crippen molar-refractivity contribution in [2.75, 3.05) is 31.7 Å². The van der Waals surface area contributed by atoms with Crippen molar-refractivity contribution in [3.8, 4) is 6.07 Å². The molecule has 0 unspecified atom stereocenters. The van der Waals surface area contributed by atoms with Gasteiger partial charge < -0.3 is 14.4 Å². The van der Waals surface area contributed by atoms with Gasteiger partial charge in [0.15, 0.2) is 0 Å². The van der Waals surface area contributed by atoms with Gasteiger partial charge in [-0.25, -0.2) is 0 Å². The number of ether oxygens (including phenoxy) is 2. The molecule has 0 spiro atoms. The van der Waals surface area contributed by atoms with Crippen molar-refractivity contribution in [2.45, 2.75) is 18.7 Å². The van der Waals surface area contributed by atoms with Gasteiger partial charge in [0.05, 0.1) is 43.4 Å². The van der Waals surface area contributed by atoms with Gasteiger partial charge in [0.2, 0.25) is 0 Å². The average Bonchev–Trinajstić information content (AvgIpc) is 2.53. The molecular formula is C15H15F3N2O3. The summed E-state index contributed by atoms with van der Waals surface area (Å²) in [7, 11) is 1.26. The number of rotatable bonds is 3. The smallest absolute Gasteiger partial charge is 0.417 e. The largest absolute Gasteiger partial charge is 0.469 e. The Bertz CT molecular complexity index is 625. The Morgan fingerprint density at radius 3 is 2.87 bits per heavy atom. The highest BCUT2D eigenvalue weighted by Gasteiger charge is 2.34. The number of nitriles is 1. The predicted octanol–water partition coefficient (Wildman–Crippen LogP) is 2.35. The van der Waals surface area contributed by atoms with Gasteiger partial charge in [-0.3, -0.25) is 4.79 Å². The van der Waals surface area contributed by atoms with Crippen molar-refractivity contribution in [3.63, 3.8) is 0 Å². The lowest BCUT2D eigenvalue weighted by molar-refractivity contribution is -0.144. The first-order valence-electron chi connectivity index (χ1n) is 6.90. The summed E-state index contributed by atoms with van der Waals surface area (Å²) in [6.07, 6.45) is -5.00. The van der Waals surface area contributed by atoms with E-state index in [1.807, 2.05) is 0 Å². The molecule has 1 aromatic carbocycles. The lowest BCUT2D eigenvalue weighted by atomic mass is 10.1. The predicted molar refractivity (Wildman–Crippen MR) is 74.7 cm³/mol. The van der Waals surface area contributed by atoms with Crippen molar-refractivity contribution in [3.05, 3.63) is 29.3 Å². The van der Waals surface area contributed by atoms with E-state index in [1.165, 1.54) is 13.2 Å². The van der Waals surface area contributed by atoms with Crippen LogP contribution >= 0.6 is 0 Å². The number of morpholine rings is 1. The van der Waals surface area contributed by atoms with Crippen LogP contribution in [0.1, 0.15) is 17.5 Å². The molecule has 8 heteroatoms. The third kappa shape index (κ3) is 4.13. The summed E-state index contributed by atoms with van der Waals surface area (Å²) < 4.78 is 49.1. The Morgan fingerprint density at radius 2 is 2.26 bits per heavy atom. The monoisotopic (exact) mass is 328 g/mol. The topological polar surface area (TPSA) is 62.6 Å². The minimum absolute atomic E-state index is 0.0371. The van der Waals surface area contributed by atoms with Crippen LogP contribution in [0.4, 0.5) is 18.9 Å². The molecule has 1 atom stereocenters. The second kappa shape index (κ2) is 6.87. The highest BCUT2D eigenvalue weighted by Crippen LogP contribution is 2.34. The number of benzene rings is 1. The fraction of sp³-hybridized carbons (Fsp3) is 0.467. The number of halogens is 3. The Labute approximate surface area is 131 Å². The van der Waals surface area contributed by atoms with Crippen LogP contribution in [0.3, 0.4) is 0 Å². The molecule has 124 valence electrons. The van der Waals surface area contributed by atoms with Crippen LogP contribution < -0.4 is 4.90 Å².